The van der Waals surface area contributed by atoms with Crippen LogP contribution in [0.3, 0.4) is 0 Å². The molecule has 1 saturated carbocycles. The molecule has 0 radical (unpaired) electrons. The van der Waals surface area contributed by atoms with Crippen molar-refractivity contribution in [2.75, 3.05) is 19.6 Å². The molecule has 2 aliphatic rings. The summed E-state index contributed by atoms with van der Waals surface area (Å²) in [5, 5.41) is 2.90. The first kappa shape index (κ1) is 18.2. The smallest absolute Gasteiger partial charge is 0.202 e. The number of allylic oxidation sites excluding steroid dienone is 2. The Morgan fingerprint density at radius 1 is 1.11 bits per heavy atom. The van der Waals surface area contributed by atoms with Gasteiger partial charge in [0.2, 0.25) is 5.13 Å². The van der Waals surface area contributed by atoms with Gasteiger partial charge in [-0.15, -0.1) is 11.3 Å². The Morgan fingerprint density at radius 3 is 2.52 bits per heavy atom. The van der Waals surface area contributed by atoms with Crippen LogP contribution in [0.2, 0.25) is 0 Å². The van der Waals surface area contributed by atoms with Crippen LogP contribution in [0, 0.1) is 16.7 Å². The Morgan fingerprint density at radius 2 is 1.89 bits per heavy atom. The molecule has 4 rings (SSSR count). The molecule has 0 saturated heterocycles. The van der Waals surface area contributed by atoms with Gasteiger partial charge in [0.1, 0.15) is 0 Å². The van der Waals surface area contributed by atoms with E-state index in [1.165, 1.54) is 18.5 Å². The molecular formula is C21H27N3O2S. The minimum atomic E-state index is 0.202. The highest BCUT2D eigenvalue weighted by Crippen LogP contribution is 2.64. The van der Waals surface area contributed by atoms with Gasteiger partial charge in [-0.1, -0.05) is 26.8 Å². The second-order valence-corrected chi connectivity index (χ2v) is 9.00. The monoisotopic (exact) mass is 385 g/mol. The number of methoxy groups -OCH3 is 2. The summed E-state index contributed by atoms with van der Waals surface area (Å²) in [5.74, 6) is 2.08. The fraction of sp³-hybridized carbons (Fsp3) is 0.476. The van der Waals surface area contributed by atoms with Crippen molar-refractivity contribution in [3.63, 3.8) is 0 Å². The number of fused-ring (bicyclic) bond motifs is 2. The zero-order valence-corrected chi connectivity index (χ0v) is 17.4. The van der Waals surface area contributed by atoms with Gasteiger partial charge in [-0.25, -0.2) is 4.98 Å². The van der Waals surface area contributed by atoms with Crippen molar-refractivity contribution < 1.29 is 9.47 Å². The number of aromatic nitrogens is 1. The van der Waals surface area contributed by atoms with Crippen LogP contribution in [0.5, 0.6) is 11.5 Å². The van der Waals surface area contributed by atoms with E-state index < -0.39 is 0 Å². The Labute approximate surface area is 164 Å². The van der Waals surface area contributed by atoms with E-state index in [0.29, 0.717) is 17.1 Å². The number of nitrogens with zero attached hydrogens (tertiary/aromatic N) is 1. The molecule has 5 nitrogen and oxygen atoms in total. The molecule has 1 fully saturated rings. The molecule has 1 heterocycles. The summed E-state index contributed by atoms with van der Waals surface area (Å²) in [6, 6.07) is 5.85. The van der Waals surface area contributed by atoms with Crippen LogP contribution in [0.4, 0.5) is 5.13 Å². The number of thiazole rings is 1. The van der Waals surface area contributed by atoms with Crippen LogP contribution in [0.15, 0.2) is 35.4 Å². The summed E-state index contributed by atoms with van der Waals surface area (Å²) in [4.78, 5) is 4.71. The van der Waals surface area contributed by atoms with Crippen LogP contribution in [0.1, 0.15) is 33.6 Å². The maximum atomic E-state index is 5.39. The molecule has 0 amide bonds. The van der Waals surface area contributed by atoms with Gasteiger partial charge in [-0.05, 0) is 42.4 Å². The SMILES string of the molecule is COc1ccc(-c2csc(NNC3=C[C@H]4CC[C@]3(C)C4(C)C)n2)cc1OC. The lowest BCUT2D eigenvalue weighted by molar-refractivity contribution is 0.165. The average molecular weight is 386 g/mol. The normalized spacial score (nSPS) is 25.2. The van der Waals surface area contributed by atoms with Gasteiger partial charge >= 0.3 is 0 Å². The molecule has 2 N–H and O–H groups in total. The maximum Gasteiger partial charge on any atom is 0.202 e. The van der Waals surface area contributed by atoms with Crippen LogP contribution in [0.25, 0.3) is 11.3 Å². The van der Waals surface area contributed by atoms with E-state index in [2.05, 4.69) is 37.7 Å². The van der Waals surface area contributed by atoms with E-state index in [4.69, 9.17) is 14.5 Å². The Balaban J connectivity index is 1.48. The highest BCUT2D eigenvalue weighted by molar-refractivity contribution is 7.14. The third-order valence-electron chi connectivity index (χ3n) is 6.75. The largest absolute Gasteiger partial charge is 0.493 e. The third-order valence-corrected chi connectivity index (χ3v) is 7.51. The van der Waals surface area contributed by atoms with Gasteiger partial charge in [0.25, 0.3) is 0 Å². The van der Waals surface area contributed by atoms with Crippen molar-refractivity contribution in [1.82, 2.24) is 10.4 Å². The van der Waals surface area contributed by atoms with Crippen molar-refractivity contribution >= 4 is 16.5 Å². The Kier molecular flexibility index (Phi) is 4.34. The highest BCUT2D eigenvalue weighted by Gasteiger charge is 2.57. The number of anilines is 1. The second kappa shape index (κ2) is 6.44. The number of hydrogen-bond acceptors (Lipinski definition) is 6. The molecule has 27 heavy (non-hydrogen) atoms. The van der Waals surface area contributed by atoms with Crippen molar-refractivity contribution in [2.45, 2.75) is 33.6 Å². The predicted molar refractivity (Wildman–Crippen MR) is 110 cm³/mol. The van der Waals surface area contributed by atoms with E-state index in [1.807, 2.05) is 23.6 Å². The molecule has 2 atom stereocenters. The number of rotatable bonds is 6. The van der Waals surface area contributed by atoms with E-state index in [-0.39, 0.29) is 5.41 Å². The summed E-state index contributed by atoms with van der Waals surface area (Å²) in [6.07, 6.45) is 4.93. The second-order valence-electron chi connectivity index (χ2n) is 8.14. The fourth-order valence-corrected chi connectivity index (χ4v) is 5.13. The standard InChI is InChI=1S/C21H27N3O2S/c1-20(2)14-8-9-21(20,3)18(11-14)23-24-19-22-15(12-27-19)13-6-7-16(25-4)17(10-13)26-5/h6-7,10-12,14,23H,8-9H2,1-5H3,(H,22,24)/t14-,21+/m1/s1. The van der Waals surface area contributed by atoms with Gasteiger partial charge in [0, 0.05) is 22.1 Å². The molecular weight excluding hydrogens is 358 g/mol. The molecule has 144 valence electrons. The summed E-state index contributed by atoms with van der Waals surface area (Å²) in [7, 11) is 3.28. The van der Waals surface area contributed by atoms with Crippen LogP contribution >= 0.6 is 11.3 Å². The quantitative estimate of drug-likeness (QED) is 0.679. The zero-order chi connectivity index (χ0) is 19.2. The van der Waals surface area contributed by atoms with Gasteiger partial charge < -0.3 is 14.9 Å². The third kappa shape index (κ3) is 2.78. The molecule has 0 spiro atoms. The zero-order valence-electron chi connectivity index (χ0n) is 16.6. The minimum absolute atomic E-state index is 0.202. The topological polar surface area (TPSA) is 55.4 Å². The first-order valence-corrected chi connectivity index (χ1v) is 10.2. The van der Waals surface area contributed by atoms with Crippen molar-refractivity contribution in [1.29, 1.82) is 0 Å². The van der Waals surface area contributed by atoms with Crippen LogP contribution in [-0.2, 0) is 0 Å². The lowest BCUT2D eigenvalue weighted by Gasteiger charge is -2.37. The molecule has 2 aromatic rings. The summed E-state index contributed by atoms with van der Waals surface area (Å²) in [5.41, 5.74) is 10.5. The van der Waals surface area contributed by atoms with Crippen molar-refractivity contribution in [3.8, 4) is 22.8 Å². The fourth-order valence-electron chi connectivity index (χ4n) is 4.45. The maximum absolute atomic E-state index is 5.39. The summed E-state index contributed by atoms with van der Waals surface area (Å²) < 4.78 is 10.7. The molecule has 0 unspecified atom stereocenters. The van der Waals surface area contributed by atoms with Gasteiger partial charge in [0.05, 0.1) is 19.9 Å². The highest BCUT2D eigenvalue weighted by atomic mass is 32.1. The number of benzene rings is 1. The lowest BCUT2D eigenvalue weighted by Crippen LogP contribution is -2.37. The first-order valence-electron chi connectivity index (χ1n) is 9.31. The minimum Gasteiger partial charge on any atom is -0.493 e. The number of ether oxygens (including phenoxy) is 2. The Bertz CT molecular complexity index is 889. The van der Waals surface area contributed by atoms with E-state index >= 15 is 0 Å². The molecule has 1 aromatic carbocycles. The number of hydrazine groups is 1. The first-order chi connectivity index (χ1) is 12.9. The van der Waals surface area contributed by atoms with Gasteiger partial charge in [0.15, 0.2) is 11.5 Å². The molecule has 2 aliphatic carbocycles. The molecule has 6 heteroatoms. The number of nitrogens with one attached hydrogen (secondary N) is 2. The van der Waals surface area contributed by atoms with Crippen LogP contribution in [-0.4, -0.2) is 19.2 Å². The van der Waals surface area contributed by atoms with Gasteiger partial charge in [-0.2, -0.15) is 0 Å². The molecule has 0 aliphatic heterocycles. The number of hydrogen-bond donors (Lipinski definition) is 2. The predicted octanol–water partition coefficient (Wildman–Crippen LogP) is 5.08. The van der Waals surface area contributed by atoms with E-state index in [0.717, 1.165) is 22.1 Å². The Hall–Kier alpha value is -2.21. The summed E-state index contributed by atoms with van der Waals surface area (Å²) in [6.45, 7) is 7.14. The van der Waals surface area contributed by atoms with Crippen LogP contribution < -0.4 is 20.3 Å². The van der Waals surface area contributed by atoms with E-state index in [9.17, 15) is 0 Å². The van der Waals surface area contributed by atoms with Gasteiger partial charge in [-0.3, -0.25) is 5.43 Å². The molecule has 2 bridgehead atoms. The lowest BCUT2D eigenvalue weighted by atomic mass is 9.69. The van der Waals surface area contributed by atoms with Crippen molar-refractivity contribution in [2.24, 2.45) is 16.7 Å². The molecule has 1 aromatic heterocycles. The van der Waals surface area contributed by atoms with Crippen molar-refractivity contribution in [3.05, 3.63) is 35.4 Å². The van der Waals surface area contributed by atoms with E-state index in [1.54, 1.807) is 25.6 Å². The average Bonchev–Trinajstić information content (AvgIpc) is 3.28. The summed E-state index contributed by atoms with van der Waals surface area (Å²) >= 11 is 1.59.